The van der Waals surface area contributed by atoms with Gasteiger partial charge in [0.2, 0.25) is 0 Å². The average Bonchev–Trinajstić information content (AvgIpc) is 2.72. The number of nitrogens with zero attached hydrogens (tertiary/aromatic N) is 1. The predicted molar refractivity (Wildman–Crippen MR) is 81.1 cm³/mol. The Morgan fingerprint density at radius 1 is 1.29 bits per heavy atom. The minimum Gasteiger partial charge on any atom is -0.481 e. The van der Waals surface area contributed by atoms with E-state index in [2.05, 4.69) is 18.3 Å². The third-order valence-electron chi connectivity index (χ3n) is 4.82. The lowest BCUT2D eigenvalue weighted by Crippen LogP contribution is -2.48. The molecule has 0 aromatic carbocycles. The van der Waals surface area contributed by atoms with Crippen LogP contribution in [0.15, 0.2) is 11.6 Å². The minimum absolute atomic E-state index is 0.136. The van der Waals surface area contributed by atoms with Crippen LogP contribution >= 0.6 is 0 Å². The molecule has 1 fully saturated rings. The number of aliphatic carboxylic acids is 1. The van der Waals surface area contributed by atoms with Crippen molar-refractivity contribution in [2.24, 2.45) is 5.41 Å². The molecular formula is C16H26N2O3. The van der Waals surface area contributed by atoms with Crippen LogP contribution in [0.25, 0.3) is 0 Å². The van der Waals surface area contributed by atoms with Gasteiger partial charge in [0.25, 0.3) is 0 Å². The Kier molecular flexibility index (Phi) is 5.26. The van der Waals surface area contributed by atoms with Crippen LogP contribution in [0.5, 0.6) is 0 Å². The number of rotatable bonds is 3. The first-order valence-electron chi connectivity index (χ1n) is 7.95. The number of carbonyl (C=O) groups is 2. The van der Waals surface area contributed by atoms with Crippen molar-refractivity contribution >= 4 is 12.0 Å². The molecule has 2 rings (SSSR count). The van der Waals surface area contributed by atoms with Gasteiger partial charge in [-0.15, -0.1) is 0 Å². The Morgan fingerprint density at radius 2 is 1.95 bits per heavy atom. The van der Waals surface area contributed by atoms with Crippen molar-refractivity contribution in [1.29, 1.82) is 0 Å². The summed E-state index contributed by atoms with van der Waals surface area (Å²) in [4.78, 5) is 25.6. The van der Waals surface area contributed by atoms with E-state index in [0.717, 1.165) is 32.1 Å². The second-order valence-corrected chi connectivity index (χ2v) is 6.40. The van der Waals surface area contributed by atoms with Gasteiger partial charge in [0.1, 0.15) is 0 Å². The maximum atomic E-state index is 12.2. The Bertz CT molecular complexity index is 423. The maximum Gasteiger partial charge on any atom is 0.317 e. The highest BCUT2D eigenvalue weighted by Crippen LogP contribution is 2.34. The molecule has 1 saturated carbocycles. The molecule has 1 heterocycles. The number of urea groups is 1. The van der Waals surface area contributed by atoms with Crippen LogP contribution in [0.3, 0.4) is 0 Å². The Morgan fingerprint density at radius 3 is 2.48 bits per heavy atom. The van der Waals surface area contributed by atoms with Gasteiger partial charge in [-0.05, 0) is 26.2 Å². The molecular weight excluding hydrogens is 268 g/mol. The summed E-state index contributed by atoms with van der Waals surface area (Å²) in [6, 6.07) is -0.136. The van der Waals surface area contributed by atoms with Crippen molar-refractivity contribution in [1.82, 2.24) is 10.2 Å². The van der Waals surface area contributed by atoms with E-state index < -0.39 is 11.4 Å². The first-order valence-corrected chi connectivity index (χ1v) is 7.95. The number of carboxylic acids is 1. The van der Waals surface area contributed by atoms with Gasteiger partial charge in [-0.2, -0.15) is 0 Å². The first kappa shape index (κ1) is 15.9. The Hall–Kier alpha value is -1.52. The Labute approximate surface area is 126 Å². The summed E-state index contributed by atoms with van der Waals surface area (Å²) in [5.41, 5.74) is 0.540. The number of carboxylic acid groups (broad SMARTS) is 1. The molecule has 0 spiro atoms. The van der Waals surface area contributed by atoms with Gasteiger partial charge in [0, 0.05) is 19.6 Å². The summed E-state index contributed by atoms with van der Waals surface area (Å²) in [5.74, 6) is -0.765. The van der Waals surface area contributed by atoms with E-state index in [1.807, 2.05) is 0 Å². The summed E-state index contributed by atoms with van der Waals surface area (Å²) in [6.07, 6.45) is 8.36. The molecule has 2 aliphatic rings. The minimum atomic E-state index is -0.770. The second kappa shape index (κ2) is 6.96. The first-order chi connectivity index (χ1) is 10.0. The van der Waals surface area contributed by atoms with Crippen molar-refractivity contribution < 1.29 is 14.7 Å². The molecule has 0 saturated heterocycles. The van der Waals surface area contributed by atoms with Crippen LogP contribution in [-0.4, -0.2) is 41.6 Å². The molecule has 0 bridgehead atoms. The SMILES string of the molecule is CC1=CCN(C(=O)NCC2(C(=O)O)CCCCCC2)CC1. The molecule has 21 heavy (non-hydrogen) atoms. The maximum absolute atomic E-state index is 12.2. The smallest absolute Gasteiger partial charge is 0.317 e. The van der Waals surface area contributed by atoms with Crippen LogP contribution in [0.2, 0.25) is 0 Å². The van der Waals surface area contributed by atoms with E-state index >= 15 is 0 Å². The number of hydrogen-bond donors (Lipinski definition) is 2. The molecule has 1 aliphatic carbocycles. The zero-order valence-electron chi connectivity index (χ0n) is 12.9. The van der Waals surface area contributed by atoms with Gasteiger partial charge in [-0.1, -0.05) is 37.3 Å². The summed E-state index contributed by atoms with van der Waals surface area (Å²) in [5, 5.41) is 12.5. The Balaban J connectivity index is 1.92. The highest BCUT2D eigenvalue weighted by Gasteiger charge is 2.39. The molecule has 118 valence electrons. The summed E-state index contributed by atoms with van der Waals surface area (Å²) in [6.45, 7) is 3.66. The van der Waals surface area contributed by atoms with Crippen LogP contribution in [0.1, 0.15) is 51.9 Å². The molecule has 5 heteroatoms. The fraction of sp³-hybridized carbons (Fsp3) is 0.750. The van der Waals surface area contributed by atoms with Gasteiger partial charge in [-0.25, -0.2) is 4.79 Å². The molecule has 0 radical (unpaired) electrons. The van der Waals surface area contributed by atoms with Crippen molar-refractivity contribution in [2.75, 3.05) is 19.6 Å². The third-order valence-corrected chi connectivity index (χ3v) is 4.82. The molecule has 0 atom stereocenters. The normalized spacial score (nSPS) is 22.1. The largest absolute Gasteiger partial charge is 0.481 e. The molecule has 0 aromatic heterocycles. The average molecular weight is 294 g/mol. The molecule has 2 N–H and O–H groups in total. The fourth-order valence-electron chi connectivity index (χ4n) is 3.18. The number of carbonyl (C=O) groups excluding carboxylic acids is 1. The standard InChI is InChI=1S/C16H26N2O3/c1-13-6-10-18(11-7-13)15(21)17-12-16(14(19)20)8-4-2-3-5-9-16/h6H,2-5,7-12H2,1H3,(H,17,21)(H,19,20). The van der Waals surface area contributed by atoms with E-state index in [-0.39, 0.29) is 12.6 Å². The van der Waals surface area contributed by atoms with Gasteiger partial charge in [-0.3, -0.25) is 4.79 Å². The molecule has 0 aromatic rings. The zero-order valence-corrected chi connectivity index (χ0v) is 12.9. The highest BCUT2D eigenvalue weighted by molar-refractivity contribution is 5.78. The van der Waals surface area contributed by atoms with Crippen molar-refractivity contribution in [3.63, 3.8) is 0 Å². The second-order valence-electron chi connectivity index (χ2n) is 6.40. The van der Waals surface area contributed by atoms with Gasteiger partial charge < -0.3 is 15.3 Å². The topological polar surface area (TPSA) is 69.6 Å². The van der Waals surface area contributed by atoms with Gasteiger partial charge in [0.15, 0.2) is 0 Å². The molecule has 1 aliphatic heterocycles. The predicted octanol–water partition coefficient (Wildman–Crippen LogP) is 2.77. The number of hydrogen-bond acceptors (Lipinski definition) is 2. The van der Waals surface area contributed by atoms with E-state index in [0.29, 0.717) is 25.9 Å². The molecule has 2 amide bonds. The van der Waals surface area contributed by atoms with E-state index in [4.69, 9.17) is 0 Å². The fourth-order valence-corrected chi connectivity index (χ4v) is 3.18. The van der Waals surface area contributed by atoms with E-state index in [1.165, 1.54) is 5.57 Å². The molecule has 5 nitrogen and oxygen atoms in total. The zero-order chi connectivity index (χ0) is 15.3. The number of nitrogens with one attached hydrogen (secondary N) is 1. The third kappa shape index (κ3) is 3.99. The monoisotopic (exact) mass is 294 g/mol. The lowest BCUT2D eigenvalue weighted by molar-refractivity contribution is -0.149. The van der Waals surface area contributed by atoms with Crippen LogP contribution in [0, 0.1) is 5.41 Å². The number of amides is 2. The quantitative estimate of drug-likeness (QED) is 0.621. The molecule has 0 unspecified atom stereocenters. The lowest BCUT2D eigenvalue weighted by Gasteiger charge is -2.31. The van der Waals surface area contributed by atoms with E-state index in [1.54, 1.807) is 4.90 Å². The summed E-state index contributed by atoms with van der Waals surface area (Å²) in [7, 11) is 0. The van der Waals surface area contributed by atoms with E-state index in [9.17, 15) is 14.7 Å². The van der Waals surface area contributed by atoms with Crippen molar-refractivity contribution in [3.8, 4) is 0 Å². The van der Waals surface area contributed by atoms with Gasteiger partial charge in [0.05, 0.1) is 5.41 Å². The van der Waals surface area contributed by atoms with Crippen LogP contribution in [-0.2, 0) is 4.79 Å². The highest BCUT2D eigenvalue weighted by atomic mass is 16.4. The van der Waals surface area contributed by atoms with Crippen LogP contribution in [0.4, 0.5) is 4.79 Å². The van der Waals surface area contributed by atoms with Crippen molar-refractivity contribution in [2.45, 2.75) is 51.9 Å². The summed E-state index contributed by atoms with van der Waals surface area (Å²) >= 11 is 0. The van der Waals surface area contributed by atoms with Gasteiger partial charge >= 0.3 is 12.0 Å². The van der Waals surface area contributed by atoms with Crippen molar-refractivity contribution in [3.05, 3.63) is 11.6 Å². The van der Waals surface area contributed by atoms with Crippen LogP contribution < -0.4 is 5.32 Å². The summed E-state index contributed by atoms with van der Waals surface area (Å²) < 4.78 is 0. The lowest BCUT2D eigenvalue weighted by atomic mass is 9.80.